The zero-order valence-corrected chi connectivity index (χ0v) is 28.8. The van der Waals surface area contributed by atoms with E-state index >= 15 is 0 Å². The number of carbonyl (C=O) groups is 2. The quantitative estimate of drug-likeness (QED) is 0.198. The van der Waals surface area contributed by atoms with Crippen LogP contribution in [0.3, 0.4) is 0 Å². The predicted molar refractivity (Wildman–Crippen MR) is 169 cm³/mol. The van der Waals surface area contributed by atoms with Crippen LogP contribution in [0.2, 0.25) is 0 Å². The van der Waals surface area contributed by atoms with Crippen LogP contribution in [0.1, 0.15) is 114 Å². The number of aliphatic hydroxyl groups excluding tert-OH is 3. The van der Waals surface area contributed by atoms with Crippen LogP contribution in [-0.2, 0) is 19.1 Å². The number of allylic oxidation sites excluding steroid dienone is 3. The highest BCUT2D eigenvalue weighted by atomic mass is 16.6. The fourth-order valence-electron chi connectivity index (χ4n) is 11.7. The average molecular weight is 615 g/mol. The smallest absolute Gasteiger partial charge is 0.333 e. The minimum atomic E-state index is -1.21. The van der Waals surface area contributed by atoms with Crippen molar-refractivity contribution in [3.63, 3.8) is 0 Å². The summed E-state index contributed by atoms with van der Waals surface area (Å²) in [6.07, 6.45) is 6.76. The Morgan fingerprint density at radius 3 is 2.16 bits per heavy atom. The highest BCUT2D eigenvalue weighted by molar-refractivity contribution is 5.87. The van der Waals surface area contributed by atoms with Gasteiger partial charge in [-0.3, -0.25) is 4.79 Å². The van der Waals surface area contributed by atoms with Crippen molar-refractivity contribution < 1.29 is 34.4 Å². The summed E-state index contributed by atoms with van der Waals surface area (Å²) in [4.78, 5) is 25.7. The second-order valence-electron chi connectivity index (χ2n) is 17.2. The summed E-state index contributed by atoms with van der Waals surface area (Å²) in [6.45, 7) is 20.2. The van der Waals surface area contributed by atoms with Crippen LogP contribution in [0, 0.1) is 50.2 Å². The molecule has 0 aliphatic heterocycles. The Hall–Kier alpha value is -1.70. The third-order valence-corrected chi connectivity index (χ3v) is 14.6. The molecule has 0 aromatic carbocycles. The minimum absolute atomic E-state index is 0.0628. The molecule has 0 saturated heterocycles. The van der Waals surface area contributed by atoms with E-state index in [1.807, 2.05) is 13.8 Å². The van der Waals surface area contributed by atoms with E-state index in [0.29, 0.717) is 30.3 Å². The Morgan fingerprint density at radius 2 is 1.57 bits per heavy atom. The van der Waals surface area contributed by atoms with Crippen molar-refractivity contribution in [3.05, 3.63) is 23.3 Å². The molecule has 11 atom stereocenters. The number of esters is 2. The van der Waals surface area contributed by atoms with Crippen LogP contribution >= 0.6 is 0 Å². The third kappa shape index (κ3) is 4.37. The van der Waals surface area contributed by atoms with Crippen LogP contribution < -0.4 is 0 Å². The topological polar surface area (TPSA) is 113 Å². The normalized spacial score (nSPS) is 47.6. The Kier molecular flexibility index (Phi) is 8.16. The lowest BCUT2D eigenvalue weighted by molar-refractivity contribution is -0.265. The summed E-state index contributed by atoms with van der Waals surface area (Å²) < 4.78 is 12.2. The molecule has 4 fully saturated rings. The van der Waals surface area contributed by atoms with Gasteiger partial charge in [-0.05, 0) is 98.2 Å². The first-order valence-electron chi connectivity index (χ1n) is 17.0. The largest absolute Gasteiger partial charge is 0.458 e. The number of hydrogen-bond acceptors (Lipinski definition) is 7. The van der Waals surface area contributed by atoms with Crippen molar-refractivity contribution in [3.8, 4) is 0 Å². The van der Waals surface area contributed by atoms with E-state index in [9.17, 15) is 24.9 Å². The Balaban J connectivity index is 1.63. The summed E-state index contributed by atoms with van der Waals surface area (Å²) >= 11 is 0. The molecule has 4 saturated carbocycles. The molecular formula is C37H58O7. The van der Waals surface area contributed by atoms with Gasteiger partial charge in [-0.25, -0.2) is 4.79 Å². The molecule has 0 heterocycles. The van der Waals surface area contributed by atoms with Crippen molar-refractivity contribution in [2.24, 2.45) is 50.2 Å². The molecule has 0 aromatic heterocycles. The van der Waals surface area contributed by atoms with Crippen molar-refractivity contribution in [2.75, 3.05) is 6.61 Å². The maximum absolute atomic E-state index is 13.1. The fourth-order valence-corrected chi connectivity index (χ4v) is 11.7. The molecule has 0 unspecified atom stereocenters. The van der Waals surface area contributed by atoms with Crippen LogP contribution in [0.15, 0.2) is 23.3 Å². The molecule has 0 spiro atoms. The molecule has 7 nitrogen and oxygen atoms in total. The van der Waals surface area contributed by atoms with E-state index in [-0.39, 0.29) is 40.3 Å². The summed E-state index contributed by atoms with van der Waals surface area (Å²) in [5.74, 6) is -0.463. The van der Waals surface area contributed by atoms with Crippen molar-refractivity contribution in [1.29, 1.82) is 0 Å². The number of carbonyl (C=O) groups excluding carboxylic acids is 2. The summed E-state index contributed by atoms with van der Waals surface area (Å²) in [5.41, 5.74) is -0.624. The van der Waals surface area contributed by atoms with E-state index in [4.69, 9.17) is 9.47 Å². The van der Waals surface area contributed by atoms with Gasteiger partial charge >= 0.3 is 11.9 Å². The lowest BCUT2D eigenvalue weighted by Crippen LogP contribution is -2.72. The standard InChI is InChI=1S/C37H58O7/c1-11-21(2)31(42)44-29-30(43-22(3)39)37(20-38)24(18-32(29,4)5)23-12-13-26-34(8)16-15-27(40)33(6,7)25(34)14-17-35(26,9)36(23,10)19-28(37)41/h11-12,24-30,38,40-41H,13-20H2,1-10H3/b21-11+/t24-,25-,26+,27-,28+,29-,30-,34-,35+,36+,37-/m0/s1. The zero-order chi connectivity index (χ0) is 32.8. The lowest BCUT2D eigenvalue weighted by atomic mass is 9.33. The van der Waals surface area contributed by atoms with Gasteiger partial charge in [0, 0.05) is 17.9 Å². The number of aliphatic hydroxyl groups is 3. The molecule has 248 valence electrons. The predicted octanol–water partition coefficient (Wildman–Crippen LogP) is 6.14. The van der Waals surface area contributed by atoms with Gasteiger partial charge in [-0.15, -0.1) is 0 Å². The van der Waals surface area contributed by atoms with E-state index in [1.54, 1.807) is 19.9 Å². The molecule has 5 rings (SSSR count). The monoisotopic (exact) mass is 614 g/mol. The van der Waals surface area contributed by atoms with Crippen LogP contribution in [0.25, 0.3) is 0 Å². The van der Waals surface area contributed by atoms with Gasteiger partial charge in [0.1, 0.15) is 12.2 Å². The van der Waals surface area contributed by atoms with Crippen LogP contribution in [0.5, 0.6) is 0 Å². The summed E-state index contributed by atoms with van der Waals surface area (Å²) in [5, 5.41) is 34.7. The molecule has 7 heteroatoms. The first kappa shape index (κ1) is 33.7. The summed E-state index contributed by atoms with van der Waals surface area (Å²) in [6, 6.07) is 0. The van der Waals surface area contributed by atoms with E-state index in [1.165, 1.54) is 12.5 Å². The number of fused-ring (bicyclic) bond motifs is 7. The van der Waals surface area contributed by atoms with Crippen LogP contribution in [0.4, 0.5) is 0 Å². The van der Waals surface area contributed by atoms with Crippen molar-refractivity contribution in [1.82, 2.24) is 0 Å². The van der Waals surface area contributed by atoms with Gasteiger partial charge in [0.2, 0.25) is 0 Å². The van der Waals surface area contributed by atoms with E-state index in [2.05, 4.69) is 40.7 Å². The van der Waals surface area contributed by atoms with Gasteiger partial charge in [-0.2, -0.15) is 0 Å². The highest BCUT2D eigenvalue weighted by Gasteiger charge is 2.73. The Labute approximate surface area is 264 Å². The summed E-state index contributed by atoms with van der Waals surface area (Å²) in [7, 11) is 0. The molecule has 0 bridgehead atoms. The minimum Gasteiger partial charge on any atom is -0.458 e. The van der Waals surface area contributed by atoms with Crippen molar-refractivity contribution in [2.45, 2.75) is 139 Å². The fraction of sp³-hybridized carbons (Fsp3) is 0.838. The molecule has 0 radical (unpaired) electrons. The van der Waals surface area contributed by atoms with Crippen molar-refractivity contribution >= 4 is 11.9 Å². The van der Waals surface area contributed by atoms with Gasteiger partial charge in [0.05, 0.1) is 24.2 Å². The van der Waals surface area contributed by atoms with Gasteiger partial charge in [0.15, 0.2) is 0 Å². The van der Waals surface area contributed by atoms with E-state index in [0.717, 1.165) is 32.1 Å². The zero-order valence-electron chi connectivity index (χ0n) is 28.8. The molecule has 5 aliphatic rings. The Morgan fingerprint density at radius 1 is 0.909 bits per heavy atom. The van der Waals surface area contributed by atoms with E-state index < -0.39 is 41.1 Å². The molecule has 0 amide bonds. The lowest BCUT2D eigenvalue weighted by Gasteiger charge is -2.72. The van der Waals surface area contributed by atoms with Gasteiger partial charge < -0.3 is 24.8 Å². The molecule has 44 heavy (non-hydrogen) atoms. The second kappa shape index (κ2) is 10.7. The first-order chi connectivity index (χ1) is 20.3. The number of rotatable bonds is 4. The first-order valence-corrected chi connectivity index (χ1v) is 17.0. The molecular weight excluding hydrogens is 556 g/mol. The molecule has 0 aromatic rings. The van der Waals surface area contributed by atoms with Gasteiger partial charge in [0.25, 0.3) is 0 Å². The molecule has 5 aliphatic carbocycles. The number of ether oxygens (including phenoxy) is 2. The SMILES string of the molecule is C/C=C(\C)C(=O)O[C@H]1[C@H](OC(C)=O)[C@]2(CO)[C@H](O)C[C@]3(C)C(=CC[C@@H]4[C@@]5(C)CC[C@H](O)C(C)(C)[C@@H]5CC[C@]43C)[C@@H]2CC1(C)C. The second-order valence-corrected chi connectivity index (χ2v) is 17.2. The maximum atomic E-state index is 13.1. The maximum Gasteiger partial charge on any atom is 0.333 e. The third-order valence-electron chi connectivity index (χ3n) is 14.6. The number of hydrogen-bond donors (Lipinski definition) is 3. The molecule has 3 N–H and O–H groups in total. The van der Waals surface area contributed by atoms with Gasteiger partial charge in [-0.1, -0.05) is 66.2 Å². The van der Waals surface area contributed by atoms with Crippen LogP contribution in [-0.4, -0.2) is 58.3 Å². The Bertz CT molecular complexity index is 1250. The highest BCUT2D eigenvalue weighted by Crippen LogP contribution is 2.76. The average Bonchev–Trinajstić information content (AvgIpc) is 2.92.